The van der Waals surface area contributed by atoms with Gasteiger partial charge in [-0.3, -0.25) is 9.59 Å². The number of fused-ring (bicyclic) bond motifs is 5. The van der Waals surface area contributed by atoms with Crippen LogP contribution in [0.4, 0.5) is 0 Å². The zero-order chi connectivity index (χ0) is 23.3. The lowest BCUT2D eigenvalue weighted by Gasteiger charge is -2.62. The minimum atomic E-state index is -0.226. The fraction of sp³-hybridized carbons (Fsp3) is 0.929. The van der Waals surface area contributed by atoms with Gasteiger partial charge in [0.25, 0.3) is 0 Å². The molecule has 0 amide bonds. The Balaban J connectivity index is 1.56. The predicted octanol–water partition coefficient (Wildman–Crippen LogP) is 5.80. The summed E-state index contributed by atoms with van der Waals surface area (Å²) in [6.45, 7) is 11.8. The molecule has 0 aliphatic heterocycles. The second-order valence-corrected chi connectivity index (χ2v) is 12.2. The third-order valence-corrected chi connectivity index (χ3v) is 11.0. The minimum absolute atomic E-state index is 0.0746. The molecule has 0 aromatic rings. The van der Waals surface area contributed by atoms with Gasteiger partial charge in [0.15, 0.2) is 0 Å². The molecule has 4 saturated carbocycles. The number of rotatable bonds is 6. The topological polar surface area (TPSA) is 63.6 Å². The van der Waals surface area contributed by atoms with E-state index in [4.69, 9.17) is 4.74 Å². The molecule has 3 unspecified atom stereocenters. The number of ether oxygens (including phenoxy) is 1. The van der Waals surface area contributed by atoms with E-state index in [2.05, 4.69) is 27.7 Å². The highest BCUT2D eigenvalue weighted by Crippen LogP contribution is 2.68. The van der Waals surface area contributed by atoms with E-state index in [-0.39, 0.29) is 34.7 Å². The van der Waals surface area contributed by atoms with Crippen molar-refractivity contribution in [2.45, 2.75) is 105 Å². The van der Waals surface area contributed by atoms with E-state index in [0.717, 1.165) is 44.9 Å². The molecule has 4 rings (SSSR count). The smallest absolute Gasteiger partial charge is 0.305 e. The fourth-order valence-electron chi connectivity index (χ4n) is 9.39. The lowest BCUT2D eigenvalue weighted by molar-refractivity contribution is -0.173. The quantitative estimate of drug-likeness (QED) is 0.524. The van der Waals surface area contributed by atoms with Gasteiger partial charge in [0.1, 0.15) is 5.78 Å². The van der Waals surface area contributed by atoms with E-state index in [0.29, 0.717) is 48.4 Å². The van der Waals surface area contributed by atoms with E-state index >= 15 is 0 Å². The maximum atomic E-state index is 14.0. The summed E-state index contributed by atoms with van der Waals surface area (Å²) < 4.78 is 5.16. The molecule has 4 fully saturated rings. The van der Waals surface area contributed by atoms with Crippen molar-refractivity contribution in [2.24, 2.45) is 52.3 Å². The first-order chi connectivity index (χ1) is 15.2. The summed E-state index contributed by atoms with van der Waals surface area (Å²) in [6.07, 6.45) is 9.61. The zero-order valence-electron chi connectivity index (χ0n) is 21.1. The van der Waals surface area contributed by atoms with Gasteiger partial charge in [0.05, 0.1) is 12.7 Å². The molecule has 1 N–H and O–H groups in total. The van der Waals surface area contributed by atoms with E-state index in [1.807, 2.05) is 6.92 Å². The van der Waals surface area contributed by atoms with E-state index < -0.39 is 0 Å². The number of hydrogen-bond donors (Lipinski definition) is 1. The van der Waals surface area contributed by atoms with Crippen LogP contribution in [0.1, 0.15) is 98.8 Å². The Morgan fingerprint density at radius 1 is 1.06 bits per heavy atom. The van der Waals surface area contributed by atoms with Crippen molar-refractivity contribution >= 4 is 11.8 Å². The Kier molecular flexibility index (Phi) is 6.85. The molecule has 0 bridgehead atoms. The first-order valence-electron chi connectivity index (χ1n) is 13.5. The maximum absolute atomic E-state index is 14.0. The molecule has 32 heavy (non-hydrogen) atoms. The van der Waals surface area contributed by atoms with Gasteiger partial charge in [-0.25, -0.2) is 0 Å². The van der Waals surface area contributed by atoms with E-state index in [1.54, 1.807) is 0 Å². The third kappa shape index (κ3) is 3.77. The molecule has 4 nitrogen and oxygen atoms in total. The Morgan fingerprint density at radius 3 is 2.44 bits per heavy atom. The summed E-state index contributed by atoms with van der Waals surface area (Å²) in [7, 11) is 0. The van der Waals surface area contributed by atoms with Gasteiger partial charge in [-0.1, -0.05) is 27.7 Å². The Morgan fingerprint density at radius 2 is 1.75 bits per heavy atom. The SMILES string of the molecule is CCOC(=O)CC[C@@H](C)C1CC[C@H]2C3C(=O)[C@H](CC)[C@@H]4C[C@H](O)CC[C@]4(C)C3CC[C@]12C. The summed E-state index contributed by atoms with van der Waals surface area (Å²) in [4.78, 5) is 25.9. The van der Waals surface area contributed by atoms with Crippen molar-refractivity contribution in [1.82, 2.24) is 0 Å². The highest BCUT2D eigenvalue weighted by atomic mass is 16.5. The fourth-order valence-corrected chi connectivity index (χ4v) is 9.39. The molecular weight excluding hydrogens is 400 g/mol. The number of carbonyl (C=O) groups excluding carboxylic acids is 2. The normalized spacial score (nSPS) is 46.7. The number of carbonyl (C=O) groups is 2. The number of esters is 1. The lowest BCUT2D eigenvalue weighted by Crippen LogP contribution is -2.60. The van der Waals surface area contributed by atoms with Crippen molar-refractivity contribution in [3.05, 3.63) is 0 Å². The third-order valence-electron chi connectivity index (χ3n) is 11.0. The molecule has 182 valence electrons. The van der Waals surface area contributed by atoms with E-state index in [1.165, 1.54) is 12.8 Å². The van der Waals surface area contributed by atoms with Crippen molar-refractivity contribution in [3.8, 4) is 0 Å². The predicted molar refractivity (Wildman–Crippen MR) is 126 cm³/mol. The Hall–Kier alpha value is -0.900. The van der Waals surface area contributed by atoms with Crippen LogP contribution in [0.5, 0.6) is 0 Å². The van der Waals surface area contributed by atoms with Crippen LogP contribution in [-0.2, 0) is 14.3 Å². The van der Waals surface area contributed by atoms with Gasteiger partial charge in [-0.05, 0) is 105 Å². The van der Waals surface area contributed by atoms with Gasteiger partial charge in [-0.15, -0.1) is 0 Å². The molecule has 0 spiro atoms. The zero-order valence-corrected chi connectivity index (χ0v) is 21.1. The van der Waals surface area contributed by atoms with Gasteiger partial charge in [-0.2, -0.15) is 0 Å². The Bertz CT molecular complexity index is 718. The Labute approximate surface area is 195 Å². The molecule has 0 aromatic heterocycles. The minimum Gasteiger partial charge on any atom is -0.466 e. The number of Topliss-reactive ketones (excluding diaryl/α,β-unsaturated/α-hetero) is 1. The summed E-state index contributed by atoms with van der Waals surface area (Å²) in [5.41, 5.74) is 0.411. The molecular formula is C28H46O4. The van der Waals surface area contributed by atoms with Gasteiger partial charge in [0.2, 0.25) is 0 Å². The van der Waals surface area contributed by atoms with Gasteiger partial charge >= 0.3 is 5.97 Å². The lowest BCUT2D eigenvalue weighted by atomic mass is 9.42. The van der Waals surface area contributed by atoms with Gasteiger partial charge < -0.3 is 9.84 Å². The highest BCUT2D eigenvalue weighted by Gasteiger charge is 2.65. The number of aliphatic hydroxyl groups excluding tert-OH is 1. The van der Waals surface area contributed by atoms with Gasteiger partial charge in [0, 0.05) is 18.3 Å². The summed E-state index contributed by atoms with van der Waals surface area (Å²) in [5, 5.41) is 10.4. The average Bonchev–Trinajstić information content (AvgIpc) is 3.11. The van der Waals surface area contributed by atoms with Crippen LogP contribution in [0.2, 0.25) is 0 Å². The summed E-state index contributed by atoms with van der Waals surface area (Å²) in [5.74, 6) is 3.20. The van der Waals surface area contributed by atoms with Crippen LogP contribution in [-0.4, -0.2) is 29.6 Å². The second-order valence-electron chi connectivity index (χ2n) is 12.2. The van der Waals surface area contributed by atoms with Crippen LogP contribution in [0.25, 0.3) is 0 Å². The molecule has 0 radical (unpaired) electrons. The van der Waals surface area contributed by atoms with Crippen LogP contribution >= 0.6 is 0 Å². The molecule has 0 heterocycles. The first-order valence-corrected chi connectivity index (χ1v) is 13.5. The average molecular weight is 447 g/mol. The number of aliphatic hydroxyl groups is 1. The number of hydrogen-bond acceptors (Lipinski definition) is 4. The van der Waals surface area contributed by atoms with Crippen LogP contribution in [0, 0.1) is 52.3 Å². The highest BCUT2D eigenvalue weighted by molar-refractivity contribution is 5.86. The van der Waals surface area contributed by atoms with Crippen molar-refractivity contribution in [1.29, 1.82) is 0 Å². The largest absolute Gasteiger partial charge is 0.466 e. The van der Waals surface area contributed by atoms with Crippen LogP contribution in [0.3, 0.4) is 0 Å². The molecule has 4 aliphatic rings. The van der Waals surface area contributed by atoms with Crippen LogP contribution in [0.15, 0.2) is 0 Å². The van der Waals surface area contributed by atoms with Crippen molar-refractivity contribution in [3.63, 3.8) is 0 Å². The standard InChI is InChI=1S/C28H46O4/c1-6-19-23-16-18(29)12-14-28(23,5)22-13-15-27(4)20(9-10-21(27)25(22)26(19)31)17(3)8-11-24(30)32-7-2/h17-23,25,29H,6-16H2,1-5H3/t17-,18-,19-,20?,21+,22?,23+,25?,27-,28-/m1/s1. The van der Waals surface area contributed by atoms with Crippen molar-refractivity contribution < 1.29 is 19.4 Å². The van der Waals surface area contributed by atoms with Crippen molar-refractivity contribution in [2.75, 3.05) is 6.61 Å². The van der Waals surface area contributed by atoms with Crippen LogP contribution < -0.4 is 0 Å². The summed E-state index contributed by atoms with van der Waals surface area (Å²) in [6, 6.07) is 0. The van der Waals surface area contributed by atoms with E-state index in [9.17, 15) is 14.7 Å². The molecule has 0 aromatic carbocycles. The molecule has 0 saturated heterocycles. The molecule has 10 atom stereocenters. The maximum Gasteiger partial charge on any atom is 0.305 e. The first kappa shape index (κ1) is 24.2. The second kappa shape index (κ2) is 9.04. The number of ketones is 1. The molecule has 4 aliphatic carbocycles. The summed E-state index contributed by atoms with van der Waals surface area (Å²) >= 11 is 0. The monoisotopic (exact) mass is 446 g/mol. The molecule has 4 heteroatoms.